The van der Waals surface area contributed by atoms with E-state index < -0.39 is 0 Å². The molecule has 0 aliphatic carbocycles. The summed E-state index contributed by atoms with van der Waals surface area (Å²) in [6.07, 6.45) is 0.530. The van der Waals surface area contributed by atoms with Gasteiger partial charge in [-0.1, -0.05) is 34.1 Å². The minimum absolute atomic E-state index is 0.105. The fourth-order valence-corrected chi connectivity index (χ4v) is 1.59. The van der Waals surface area contributed by atoms with Gasteiger partial charge in [-0.25, -0.2) is 0 Å². The van der Waals surface area contributed by atoms with Crippen LogP contribution in [0.4, 0.5) is 0 Å². The van der Waals surface area contributed by atoms with E-state index in [2.05, 4.69) is 15.9 Å². The highest BCUT2D eigenvalue weighted by molar-refractivity contribution is 9.10. The highest BCUT2D eigenvalue weighted by Gasteiger charge is 2.07. The molecule has 1 aromatic carbocycles. The van der Waals surface area contributed by atoms with Crippen LogP contribution < -0.4 is 0 Å². The van der Waals surface area contributed by atoms with Crippen molar-refractivity contribution in [1.29, 1.82) is 0 Å². The van der Waals surface area contributed by atoms with Gasteiger partial charge in [0.2, 0.25) is 0 Å². The van der Waals surface area contributed by atoms with Gasteiger partial charge >= 0.3 is 0 Å². The molecule has 2 nitrogen and oxygen atoms in total. The molecule has 15 heavy (non-hydrogen) atoms. The van der Waals surface area contributed by atoms with Gasteiger partial charge in [0, 0.05) is 10.9 Å². The summed E-state index contributed by atoms with van der Waals surface area (Å²) in [5.41, 5.74) is 1.01. The Morgan fingerprint density at radius 3 is 2.67 bits per heavy atom. The summed E-state index contributed by atoms with van der Waals surface area (Å²) >= 11 is 3.41. The molecule has 0 amide bonds. The second-order valence-electron chi connectivity index (χ2n) is 3.67. The van der Waals surface area contributed by atoms with Crippen molar-refractivity contribution in [2.75, 3.05) is 6.61 Å². The van der Waals surface area contributed by atoms with Crippen molar-refractivity contribution in [3.63, 3.8) is 0 Å². The first kappa shape index (κ1) is 12.4. The third kappa shape index (κ3) is 4.58. The second-order valence-corrected chi connectivity index (χ2v) is 4.52. The van der Waals surface area contributed by atoms with Gasteiger partial charge in [-0.3, -0.25) is 4.79 Å². The lowest BCUT2D eigenvalue weighted by molar-refractivity contribution is -0.124. The van der Waals surface area contributed by atoms with E-state index in [1.165, 1.54) is 0 Å². The van der Waals surface area contributed by atoms with E-state index >= 15 is 0 Å². The Labute approximate surface area is 98.8 Å². The van der Waals surface area contributed by atoms with Crippen LogP contribution in [0, 0.1) is 0 Å². The first-order chi connectivity index (χ1) is 7.09. The van der Waals surface area contributed by atoms with E-state index in [9.17, 15) is 4.79 Å². The minimum atomic E-state index is 0.105. The first-order valence-electron chi connectivity index (χ1n) is 4.96. The molecule has 0 unspecified atom stereocenters. The molecule has 0 aliphatic rings. The Hall–Kier alpha value is -0.670. The van der Waals surface area contributed by atoms with Crippen LogP contribution >= 0.6 is 15.9 Å². The topological polar surface area (TPSA) is 26.3 Å². The lowest BCUT2D eigenvalue weighted by Gasteiger charge is -2.07. The molecular formula is C12H15BrO2. The molecule has 0 N–H and O–H groups in total. The van der Waals surface area contributed by atoms with Crippen LogP contribution in [0.25, 0.3) is 0 Å². The van der Waals surface area contributed by atoms with Crippen molar-refractivity contribution in [2.24, 2.45) is 0 Å². The predicted octanol–water partition coefficient (Wildman–Crippen LogP) is 2.99. The standard InChI is InChI=1S/C12H15BrO2/c1-9(2)15-8-11(14)7-10-5-3-4-6-12(10)13/h3-6,9H,7-8H2,1-2H3. The van der Waals surface area contributed by atoms with E-state index in [1.807, 2.05) is 38.1 Å². The summed E-state index contributed by atoms with van der Waals surface area (Å²) in [5.74, 6) is 0.107. The zero-order valence-corrected chi connectivity index (χ0v) is 10.6. The van der Waals surface area contributed by atoms with Crippen LogP contribution in [-0.2, 0) is 16.0 Å². The maximum Gasteiger partial charge on any atom is 0.162 e. The number of Topliss-reactive ketones (excluding diaryl/α,β-unsaturated/α-hetero) is 1. The van der Waals surface area contributed by atoms with Crippen molar-refractivity contribution >= 4 is 21.7 Å². The number of carbonyl (C=O) groups is 1. The Morgan fingerprint density at radius 1 is 1.40 bits per heavy atom. The largest absolute Gasteiger partial charge is 0.371 e. The first-order valence-corrected chi connectivity index (χ1v) is 5.75. The average Bonchev–Trinajstić information content (AvgIpc) is 2.18. The maximum atomic E-state index is 11.5. The van der Waals surface area contributed by atoms with Gasteiger partial charge in [0.1, 0.15) is 6.61 Å². The third-order valence-electron chi connectivity index (χ3n) is 1.92. The Morgan fingerprint density at radius 2 is 2.07 bits per heavy atom. The van der Waals surface area contributed by atoms with Crippen LogP contribution in [0.2, 0.25) is 0 Å². The lowest BCUT2D eigenvalue weighted by atomic mass is 10.1. The zero-order valence-electron chi connectivity index (χ0n) is 9.00. The smallest absolute Gasteiger partial charge is 0.162 e. The van der Waals surface area contributed by atoms with Crippen molar-refractivity contribution < 1.29 is 9.53 Å². The number of hydrogen-bond donors (Lipinski definition) is 0. The zero-order chi connectivity index (χ0) is 11.3. The fourth-order valence-electron chi connectivity index (χ4n) is 1.16. The Kier molecular flexibility index (Phi) is 4.99. The number of carbonyl (C=O) groups excluding carboxylic acids is 1. The van der Waals surface area contributed by atoms with Crippen LogP contribution in [-0.4, -0.2) is 18.5 Å². The van der Waals surface area contributed by atoms with Gasteiger partial charge in [0.05, 0.1) is 6.10 Å². The van der Waals surface area contributed by atoms with E-state index in [0.29, 0.717) is 6.42 Å². The number of halogens is 1. The van der Waals surface area contributed by atoms with Gasteiger partial charge in [-0.2, -0.15) is 0 Å². The lowest BCUT2D eigenvalue weighted by Crippen LogP contribution is -2.15. The van der Waals surface area contributed by atoms with E-state index in [0.717, 1.165) is 10.0 Å². The highest BCUT2D eigenvalue weighted by atomic mass is 79.9. The summed E-state index contributed by atoms with van der Waals surface area (Å²) in [7, 11) is 0. The Balaban J connectivity index is 2.48. The number of rotatable bonds is 5. The maximum absolute atomic E-state index is 11.5. The summed E-state index contributed by atoms with van der Waals surface area (Å²) in [4.78, 5) is 11.5. The van der Waals surface area contributed by atoms with Crippen molar-refractivity contribution in [2.45, 2.75) is 26.4 Å². The summed E-state index contributed by atoms with van der Waals surface area (Å²) in [6, 6.07) is 7.74. The molecule has 82 valence electrons. The van der Waals surface area contributed by atoms with Gasteiger partial charge in [-0.05, 0) is 25.5 Å². The van der Waals surface area contributed by atoms with E-state index in [1.54, 1.807) is 0 Å². The molecule has 0 aliphatic heterocycles. The SMILES string of the molecule is CC(C)OCC(=O)Cc1ccccc1Br. The average molecular weight is 271 g/mol. The summed E-state index contributed by atoms with van der Waals surface area (Å²) < 4.78 is 6.23. The molecule has 0 fully saturated rings. The molecule has 1 aromatic rings. The monoisotopic (exact) mass is 270 g/mol. The molecule has 0 bridgehead atoms. The predicted molar refractivity (Wildman–Crippen MR) is 63.9 cm³/mol. The molecule has 3 heteroatoms. The van der Waals surface area contributed by atoms with Crippen LogP contribution in [0.15, 0.2) is 28.7 Å². The molecule has 0 heterocycles. The fraction of sp³-hybridized carbons (Fsp3) is 0.417. The third-order valence-corrected chi connectivity index (χ3v) is 2.70. The van der Waals surface area contributed by atoms with Crippen molar-refractivity contribution in [3.8, 4) is 0 Å². The molecule has 0 atom stereocenters. The minimum Gasteiger partial charge on any atom is -0.371 e. The van der Waals surface area contributed by atoms with Gasteiger partial charge in [-0.15, -0.1) is 0 Å². The van der Waals surface area contributed by atoms with Crippen LogP contribution in [0.5, 0.6) is 0 Å². The molecule has 0 saturated heterocycles. The van der Waals surface area contributed by atoms with Crippen molar-refractivity contribution in [3.05, 3.63) is 34.3 Å². The molecule has 0 radical (unpaired) electrons. The molecule has 0 spiro atoms. The summed E-state index contributed by atoms with van der Waals surface area (Å²) in [6.45, 7) is 4.04. The molecule has 0 saturated carbocycles. The van der Waals surface area contributed by atoms with E-state index in [-0.39, 0.29) is 18.5 Å². The van der Waals surface area contributed by atoms with Crippen molar-refractivity contribution in [1.82, 2.24) is 0 Å². The highest BCUT2D eigenvalue weighted by Crippen LogP contribution is 2.16. The summed E-state index contributed by atoms with van der Waals surface area (Å²) in [5, 5.41) is 0. The molecule has 1 rings (SSSR count). The quantitative estimate of drug-likeness (QED) is 0.823. The van der Waals surface area contributed by atoms with E-state index in [4.69, 9.17) is 4.74 Å². The number of ketones is 1. The number of hydrogen-bond acceptors (Lipinski definition) is 2. The molecule has 0 aromatic heterocycles. The van der Waals surface area contributed by atoms with Gasteiger partial charge in [0.15, 0.2) is 5.78 Å². The number of ether oxygens (including phenoxy) is 1. The molecular weight excluding hydrogens is 256 g/mol. The van der Waals surface area contributed by atoms with Gasteiger partial charge in [0.25, 0.3) is 0 Å². The van der Waals surface area contributed by atoms with Crippen LogP contribution in [0.3, 0.4) is 0 Å². The second kappa shape index (κ2) is 6.03. The van der Waals surface area contributed by atoms with Gasteiger partial charge < -0.3 is 4.74 Å². The van der Waals surface area contributed by atoms with Crippen LogP contribution in [0.1, 0.15) is 19.4 Å². The normalized spacial score (nSPS) is 10.7. The Bertz CT molecular complexity index is 334. The number of benzene rings is 1.